The molecule has 0 saturated heterocycles. The van der Waals surface area contributed by atoms with Gasteiger partial charge in [0.25, 0.3) is 0 Å². The lowest BCUT2D eigenvalue weighted by Gasteiger charge is -2.19. The topological polar surface area (TPSA) is 73.9 Å². The van der Waals surface area contributed by atoms with Gasteiger partial charge < -0.3 is 24.3 Å². The highest BCUT2D eigenvalue weighted by atomic mass is 16.6. The second kappa shape index (κ2) is 8.95. The molecule has 0 aliphatic rings. The van der Waals surface area contributed by atoms with Gasteiger partial charge in [0.15, 0.2) is 0 Å². The van der Waals surface area contributed by atoms with Crippen LogP contribution in [-0.4, -0.2) is 51.0 Å². The van der Waals surface area contributed by atoms with E-state index in [0.717, 1.165) is 0 Å². The normalized spacial score (nSPS) is 11.0. The van der Waals surface area contributed by atoms with E-state index in [-0.39, 0.29) is 18.8 Å². The fourth-order valence-corrected chi connectivity index (χ4v) is 0.887. The first-order valence-corrected chi connectivity index (χ1v) is 5.50. The molecule has 0 bridgehead atoms. The zero-order valence-electron chi connectivity index (χ0n) is 10.7. The summed E-state index contributed by atoms with van der Waals surface area (Å²) in [6.07, 6.45) is 0.221. The Bertz CT molecular complexity index is 224. The molecule has 0 radical (unpaired) electrons. The molecule has 1 amide bonds. The number of amides is 1. The molecule has 17 heavy (non-hydrogen) atoms. The van der Waals surface area contributed by atoms with E-state index in [1.54, 1.807) is 0 Å². The van der Waals surface area contributed by atoms with Gasteiger partial charge in [-0.05, 0) is 20.8 Å². The molecular formula is C11H21NO5. The number of hydrogen-bond donors (Lipinski definition) is 1. The second-order valence-electron chi connectivity index (χ2n) is 4.36. The predicted molar refractivity (Wildman–Crippen MR) is 61.9 cm³/mol. The molecule has 0 fully saturated rings. The van der Waals surface area contributed by atoms with Crippen LogP contribution < -0.4 is 5.32 Å². The third-order valence-electron chi connectivity index (χ3n) is 1.50. The monoisotopic (exact) mass is 247 g/mol. The van der Waals surface area contributed by atoms with Gasteiger partial charge in [-0.3, -0.25) is 0 Å². The summed E-state index contributed by atoms with van der Waals surface area (Å²) in [7, 11) is 0. The average molecular weight is 247 g/mol. The van der Waals surface area contributed by atoms with Gasteiger partial charge in [-0.2, -0.15) is 0 Å². The van der Waals surface area contributed by atoms with Crippen LogP contribution in [0.15, 0.2) is 0 Å². The Morgan fingerprint density at radius 3 is 2.29 bits per heavy atom. The highest BCUT2D eigenvalue weighted by molar-refractivity contribution is 5.67. The number of carbonyl (C=O) groups excluding carboxylic acids is 2. The van der Waals surface area contributed by atoms with Crippen LogP contribution in [0.5, 0.6) is 0 Å². The van der Waals surface area contributed by atoms with Gasteiger partial charge in [0.2, 0.25) is 0 Å². The van der Waals surface area contributed by atoms with Crippen molar-refractivity contribution in [3.63, 3.8) is 0 Å². The van der Waals surface area contributed by atoms with Gasteiger partial charge in [0, 0.05) is 5.54 Å². The minimum absolute atomic E-state index is 0.0772. The van der Waals surface area contributed by atoms with Crippen LogP contribution in [0.3, 0.4) is 0 Å². The third kappa shape index (κ3) is 12.8. The maximum absolute atomic E-state index is 11.2. The summed E-state index contributed by atoms with van der Waals surface area (Å²) < 4.78 is 14.9. The molecule has 100 valence electrons. The Kier molecular flexibility index (Phi) is 8.35. The molecule has 0 atom stereocenters. The van der Waals surface area contributed by atoms with Gasteiger partial charge in [-0.1, -0.05) is 0 Å². The lowest BCUT2D eigenvalue weighted by Crippen LogP contribution is -2.41. The molecule has 6 heteroatoms. The summed E-state index contributed by atoms with van der Waals surface area (Å²) in [5.41, 5.74) is -0.305. The maximum Gasteiger partial charge on any atom is 0.407 e. The largest absolute Gasteiger partial charge is 0.447 e. The van der Waals surface area contributed by atoms with Crippen LogP contribution >= 0.6 is 0 Å². The van der Waals surface area contributed by atoms with E-state index >= 15 is 0 Å². The molecule has 0 aliphatic heterocycles. The van der Waals surface area contributed by atoms with E-state index in [1.807, 2.05) is 20.8 Å². The summed E-state index contributed by atoms with van der Waals surface area (Å²) in [4.78, 5) is 21.1. The Balaban J connectivity index is 3.28. The Morgan fingerprint density at radius 1 is 1.12 bits per heavy atom. The summed E-state index contributed by atoms with van der Waals surface area (Å²) >= 11 is 0. The van der Waals surface area contributed by atoms with Crippen molar-refractivity contribution in [3.05, 3.63) is 0 Å². The quantitative estimate of drug-likeness (QED) is 0.506. The van der Waals surface area contributed by atoms with Crippen molar-refractivity contribution in [3.8, 4) is 0 Å². The van der Waals surface area contributed by atoms with Gasteiger partial charge in [0.05, 0.1) is 19.8 Å². The lowest BCUT2D eigenvalue weighted by atomic mass is 10.1. The van der Waals surface area contributed by atoms with Crippen molar-refractivity contribution in [2.24, 2.45) is 0 Å². The minimum Gasteiger partial charge on any atom is -0.447 e. The molecule has 0 saturated carbocycles. The maximum atomic E-state index is 11.2. The van der Waals surface area contributed by atoms with Crippen molar-refractivity contribution in [2.75, 3.05) is 33.0 Å². The van der Waals surface area contributed by atoms with Crippen molar-refractivity contribution >= 4 is 12.4 Å². The molecular weight excluding hydrogens is 226 g/mol. The standard InChI is InChI=1S/C11H21NO5/c1-11(2,3)12-10(14)17-9-8-16-7-6-15-5-4-13/h4H,5-9H2,1-3H3,(H,12,14). The fraction of sp³-hybridized carbons (Fsp3) is 0.818. The van der Waals surface area contributed by atoms with E-state index in [0.29, 0.717) is 26.1 Å². The van der Waals surface area contributed by atoms with E-state index in [4.69, 9.17) is 14.2 Å². The molecule has 0 unspecified atom stereocenters. The molecule has 1 N–H and O–H groups in total. The van der Waals surface area contributed by atoms with Crippen LogP contribution in [0.25, 0.3) is 0 Å². The van der Waals surface area contributed by atoms with Crippen molar-refractivity contribution in [1.29, 1.82) is 0 Å². The SMILES string of the molecule is CC(C)(C)NC(=O)OCCOCCOCC=O. The van der Waals surface area contributed by atoms with Crippen molar-refractivity contribution < 1.29 is 23.8 Å². The molecule has 0 spiro atoms. The number of aldehydes is 1. The predicted octanol–water partition coefficient (Wildman–Crippen LogP) is 0.743. The lowest BCUT2D eigenvalue weighted by molar-refractivity contribution is -0.112. The van der Waals surface area contributed by atoms with E-state index in [1.165, 1.54) is 0 Å². The Hall–Kier alpha value is -1.14. The van der Waals surface area contributed by atoms with Gasteiger partial charge in [-0.15, -0.1) is 0 Å². The zero-order valence-corrected chi connectivity index (χ0v) is 10.7. The number of alkyl carbamates (subject to hydrolysis) is 1. The van der Waals surface area contributed by atoms with Gasteiger partial charge >= 0.3 is 6.09 Å². The van der Waals surface area contributed by atoms with Gasteiger partial charge in [0.1, 0.15) is 19.5 Å². The minimum atomic E-state index is -0.460. The molecule has 0 aromatic carbocycles. The molecule has 0 aliphatic carbocycles. The summed E-state index contributed by atoms with van der Waals surface area (Å²) in [5.74, 6) is 0. The smallest absolute Gasteiger partial charge is 0.407 e. The molecule has 0 aromatic heterocycles. The Labute approximate surface area is 102 Å². The van der Waals surface area contributed by atoms with Crippen molar-refractivity contribution in [1.82, 2.24) is 5.32 Å². The summed E-state index contributed by atoms with van der Waals surface area (Å²) in [6.45, 7) is 6.91. The van der Waals surface area contributed by atoms with E-state index in [9.17, 15) is 9.59 Å². The second-order valence-corrected chi connectivity index (χ2v) is 4.36. The third-order valence-corrected chi connectivity index (χ3v) is 1.50. The van der Waals surface area contributed by atoms with E-state index in [2.05, 4.69) is 5.32 Å². The van der Waals surface area contributed by atoms with E-state index < -0.39 is 6.09 Å². The summed E-state index contributed by atoms with van der Waals surface area (Å²) in [6, 6.07) is 0. The van der Waals surface area contributed by atoms with Crippen LogP contribution in [0.4, 0.5) is 4.79 Å². The van der Waals surface area contributed by atoms with Crippen molar-refractivity contribution in [2.45, 2.75) is 26.3 Å². The van der Waals surface area contributed by atoms with Crippen LogP contribution in [-0.2, 0) is 19.0 Å². The highest BCUT2D eigenvalue weighted by Crippen LogP contribution is 1.98. The number of ether oxygens (including phenoxy) is 3. The number of hydrogen-bond acceptors (Lipinski definition) is 5. The molecule has 6 nitrogen and oxygen atoms in total. The summed E-state index contributed by atoms with van der Waals surface area (Å²) in [5, 5.41) is 2.66. The van der Waals surface area contributed by atoms with Crippen LogP contribution in [0.2, 0.25) is 0 Å². The highest BCUT2D eigenvalue weighted by Gasteiger charge is 2.13. The number of nitrogens with one attached hydrogen (secondary N) is 1. The molecule has 0 heterocycles. The Morgan fingerprint density at radius 2 is 1.71 bits per heavy atom. The zero-order chi connectivity index (χ0) is 13.1. The average Bonchev–Trinajstić information content (AvgIpc) is 2.19. The first-order chi connectivity index (χ1) is 7.95. The number of carbonyl (C=O) groups is 2. The fourth-order valence-electron chi connectivity index (χ4n) is 0.887. The molecule has 0 rings (SSSR count). The van der Waals surface area contributed by atoms with Gasteiger partial charge in [-0.25, -0.2) is 4.79 Å². The first-order valence-electron chi connectivity index (χ1n) is 5.50. The van der Waals surface area contributed by atoms with Crippen LogP contribution in [0.1, 0.15) is 20.8 Å². The van der Waals surface area contributed by atoms with Crippen LogP contribution in [0, 0.1) is 0 Å². The first kappa shape index (κ1) is 15.9. The number of rotatable bonds is 8. The molecule has 0 aromatic rings.